The highest BCUT2D eigenvalue weighted by Crippen LogP contribution is 2.16. The molecule has 0 unspecified atom stereocenters. The van der Waals surface area contributed by atoms with Gasteiger partial charge in [-0.25, -0.2) is 0 Å². The summed E-state index contributed by atoms with van der Waals surface area (Å²) in [5.74, 6) is 0. The molecule has 2 heteroatoms. The van der Waals surface area contributed by atoms with Gasteiger partial charge in [-0.3, -0.25) is 4.98 Å². The number of hydrogen-bond acceptors (Lipinski definition) is 1. The molecule has 0 spiro atoms. The molecule has 0 saturated heterocycles. The maximum Gasteiger partial charge on any atom is 0.0933 e. The van der Waals surface area contributed by atoms with Crippen LogP contribution >= 0.6 is 11.6 Å². The minimum Gasteiger partial charge on any atom is -0.254 e. The van der Waals surface area contributed by atoms with Crippen LogP contribution in [0, 0.1) is 20.0 Å². The van der Waals surface area contributed by atoms with Crippen LogP contribution in [0.25, 0.3) is 0 Å². The Bertz CT molecular complexity index is 200. The first-order chi connectivity index (χ1) is 4.22. The molecule has 1 aromatic rings. The summed E-state index contributed by atoms with van der Waals surface area (Å²) in [4.78, 5) is 3.84. The number of rotatable bonds is 0. The molecule has 47 valence electrons. The van der Waals surface area contributed by atoms with Crippen LogP contribution in [0.15, 0.2) is 6.20 Å². The quantitative estimate of drug-likeness (QED) is 0.538. The van der Waals surface area contributed by atoms with Crippen LogP contribution < -0.4 is 0 Å². The summed E-state index contributed by atoms with van der Waals surface area (Å²) in [6.07, 6.45) is 4.46. The van der Waals surface area contributed by atoms with Crippen LogP contribution in [0.3, 0.4) is 0 Å². The third-order valence-corrected chi connectivity index (χ3v) is 1.75. The summed E-state index contributed by atoms with van der Waals surface area (Å²) in [7, 11) is 0. The highest BCUT2D eigenvalue weighted by Gasteiger charge is 1.96. The van der Waals surface area contributed by atoms with Gasteiger partial charge >= 0.3 is 0 Å². The largest absolute Gasteiger partial charge is 0.254 e. The molecule has 1 nitrogen and oxygen atoms in total. The van der Waals surface area contributed by atoms with Crippen molar-refractivity contribution < 1.29 is 0 Å². The second-order valence-electron chi connectivity index (χ2n) is 1.99. The number of hydrogen-bond donors (Lipinski definition) is 0. The van der Waals surface area contributed by atoms with Gasteiger partial charge in [-0.15, -0.1) is 0 Å². The van der Waals surface area contributed by atoms with Gasteiger partial charge in [0.25, 0.3) is 0 Å². The summed E-state index contributed by atoms with van der Waals surface area (Å²) >= 11 is 5.81. The van der Waals surface area contributed by atoms with Gasteiger partial charge in [-0.2, -0.15) is 0 Å². The van der Waals surface area contributed by atoms with Crippen LogP contribution in [0.4, 0.5) is 0 Å². The predicted molar refractivity (Wildman–Crippen MR) is 37.6 cm³/mol. The van der Waals surface area contributed by atoms with Crippen molar-refractivity contribution in [1.29, 1.82) is 0 Å². The lowest BCUT2D eigenvalue weighted by atomic mass is 10.2. The summed E-state index contributed by atoms with van der Waals surface area (Å²) in [5, 5.41) is 0.769. The van der Waals surface area contributed by atoms with E-state index in [4.69, 9.17) is 11.6 Å². The first kappa shape index (κ1) is 6.56. The van der Waals surface area contributed by atoms with E-state index in [-0.39, 0.29) is 0 Å². The minimum absolute atomic E-state index is 0.769. The van der Waals surface area contributed by atoms with Crippen LogP contribution in [0.1, 0.15) is 11.1 Å². The zero-order valence-electron chi connectivity index (χ0n) is 5.40. The zero-order valence-corrected chi connectivity index (χ0v) is 6.16. The minimum atomic E-state index is 0.769. The molecule has 9 heavy (non-hydrogen) atoms. The molecule has 1 rings (SSSR count). The van der Waals surface area contributed by atoms with Crippen LogP contribution in [-0.4, -0.2) is 4.98 Å². The topological polar surface area (TPSA) is 12.9 Å². The summed E-state index contributed by atoms with van der Waals surface area (Å²) in [6, 6.07) is 0. The van der Waals surface area contributed by atoms with Gasteiger partial charge in [0.1, 0.15) is 0 Å². The average Bonchev–Trinajstić information content (AvgIpc) is 1.83. The average molecular weight is 141 g/mol. The maximum atomic E-state index is 5.81. The van der Waals surface area contributed by atoms with E-state index in [1.807, 2.05) is 13.8 Å². The van der Waals surface area contributed by atoms with Gasteiger partial charge in [0.2, 0.25) is 0 Å². The Kier molecular flexibility index (Phi) is 1.72. The van der Waals surface area contributed by atoms with Crippen LogP contribution in [-0.2, 0) is 0 Å². The van der Waals surface area contributed by atoms with Crippen molar-refractivity contribution in [3.05, 3.63) is 28.5 Å². The Balaban J connectivity index is 3.25. The molecule has 0 N–H and O–H groups in total. The number of halogens is 1. The molecule has 0 aliphatic heterocycles. The Labute approximate surface area is 59.7 Å². The van der Waals surface area contributed by atoms with Gasteiger partial charge in [0.05, 0.1) is 11.2 Å². The van der Waals surface area contributed by atoms with E-state index in [2.05, 4.69) is 11.2 Å². The van der Waals surface area contributed by atoms with E-state index >= 15 is 0 Å². The second kappa shape index (κ2) is 2.36. The van der Waals surface area contributed by atoms with E-state index < -0.39 is 0 Å². The zero-order chi connectivity index (χ0) is 6.85. The molecular formula is C7H7ClN. The standard InChI is InChI=1S/C7H7ClN/c1-5-3-9-4-6(2)7(5)8/h3H,1-2H3. The van der Waals surface area contributed by atoms with Gasteiger partial charge in [0, 0.05) is 6.20 Å². The predicted octanol–water partition coefficient (Wildman–Crippen LogP) is 2.15. The maximum absolute atomic E-state index is 5.81. The van der Waals surface area contributed by atoms with Gasteiger partial charge < -0.3 is 0 Å². The van der Waals surface area contributed by atoms with Crippen molar-refractivity contribution >= 4 is 11.6 Å². The normalized spacial score (nSPS) is 9.67. The first-order valence-corrected chi connectivity index (χ1v) is 3.09. The van der Waals surface area contributed by atoms with Gasteiger partial charge in [0.15, 0.2) is 0 Å². The molecule has 0 aliphatic rings. The number of aromatic nitrogens is 1. The number of aryl methyl sites for hydroxylation is 2. The molecule has 0 fully saturated rings. The van der Waals surface area contributed by atoms with Gasteiger partial charge in [-0.1, -0.05) is 11.6 Å². The fourth-order valence-electron chi connectivity index (χ4n) is 0.627. The molecule has 0 aromatic carbocycles. The molecule has 0 aliphatic carbocycles. The molecule has 1 aromatic heterocycles. The van der Waals surface area contributed by atoms with Crippen molar-refractivity contribution in [2.24, 2.45) is 0 Å². The van der Waals surface area contributed by atoms with Crippen LogP contribution in [0.2, 0.25) is 5.02 Å². The van der Waals surface area contributed by atoms with E-state index in [0.29, 0.717) is 0 Å². The fraction of sp³-hybridized carbons (Fsp3) is 0.286. The Morgan fingerprint density at radius 2 is 2.22 bits per heavy atom. The first-order valence-electron chi connectivity index (χ1n) is 2.71. The fourth-order valence-corrected chi connectivity index (χ4v) is 0.718. The Morgan fingerprint density at radius 1 is 1.56 bits per heavy atom. The summed E-state index contributed by atoms with van der Waals surface area (Å²) in [5.41, 5.74) is 1.92. The molecule has 1 radical (unpaired) electrons. The second-order valence-corrected chi connectivity index (χ2v) is 2.37. The highest BCUT2D eigenvalue weighted by molar-refractivity contribution is 6.32. The van der Waals surface area contributed by atoms with Crippen molar-refractivity contribution in [3.8, 4) is 0 Å². The van der Waals surface area contributed by atoms with Crippen molar-refractivity contribution in [1.82, 2.24) is 4.98 Å². The molecule has 0 saturated carbocycles. The van der Waals surface area contributed by atoms with Crippen molar-refractivity contribution in [2.75, 3.05) is 0 Å². The highest BCUT2D eigenvalue weighted by atomic mass is 35.5. The van der Waals surface area contributed by atoms with E-state index in [1.165, 1.54) is 0 Å². The molecule has 0 amide bonds. The number of pyridine rings is 1. The van der Waals surface area contributed by atoms with E-state index in [9.17, 15) is 0 Å². The summed E-state index contributed by atoms with van der Waals surface area (Å²) < 4.78 is 0. The molecule has 0 bridgehead atoms. The van der Waals surface area contributed by atoms with Crippen molar-refractivity contribution in [3.63, 3.8) is 0 Å². The Hall–Kier alpha value is -0.560. The lowest BCUT2D eigenvalue weighted by Crippen LogP contribution is -1.82. The van der Waals surface area contributed by atoms with Crippen LogP contribution in [0.5, 0.6) is 0 Å². The lowest BCUT2D eigenvalue weighted by Gasteiger charge is -1.96. The number of nitrogens with zero attached hydrogens (tertiary/aromatic N) is 1. The third kappa shape index (κ3) is 1.22. The summed E-state index contributed by atoms with van der Waals surface area (Å²) in [6.45, 7) is 3.82. The third-order valence-electron chi connectivity index (χ3n) is 1.17. The smallest absolute Gasteiger partial charge is 0.0933 e. The molecular weight excluding hydrogens is 134 g/mol. The lowest BCUT2D eigenvalue weighted by molar-refractivity contribution is 1.21. The monoisotopic (exact) mass is 140 g/mol. The molecule has 1 heterocycles. The SMILES string of the molecule is Cc1[c]ncc(C)c1Cl. The van der Waals surface area contributed by atoms with E-state index in [1.54, 1.807) is 6.20 Å². The van der Waals surface area contributed by atoms with Crippen molar-refractivity contribution in [2.45, 2.75) is 13.8 Å². The molecule has 0 atom stereocenters. The van der Waals surface area contributed by atoms with Gasteiger partial charge in [-0.05, 0) is 25.0 Å². The van der Waals surface area contributed by atoms with E-state index in [0.717, 1.165) is 16.1 Å². The Morgan fingerprint density at radius 3 is 2.67 bits per heavy atom.